The number of aryl methyl sites for hydroxylation is 1. The van der Waals surface area contributed by atoms with Gasteiger partial charge in [-0.2, -0.15) is 4.37 Å². The Hall–Kier alpha value is -1.63. The molecule has 0 saturated heterocycles. The van der Waals surface area contributed by atoms with Gasteiger partial charge in [0.1, 0.15) is 11.0 Å². The van der Waals surface area contributed by atoms with Gasteiger partial charge in [-0.05, 0) is 46.2 Å². The maximum atomic E-state index is 12.2. The van der Waals surface area contributed by atoms with Gasteiger partial charge >= 0.3 is 0 Å². The molecule has 1 aromatic rings. The van der Waals surface area contributed by atoms with Gasteiger partial charge in [0.2, 0.25) is 5.91 Å². The smallest absolute Gasteiger partial charge is 0.256 e. The Bertz CT molecular complexity index is 505. The van der Waals surface area contributed by atoms with Crippen LogP contribution >= 0.6 is 11.5 Å². The lowest BCUT2D eigenvalue weighted by atomic mass is 10.1. The lowest BCUT2D eigenvalue weighted by Gasteiger charge is -2.23. The molecule has 1 aromatic heterocycles. The Balaban J connectivity index is 2.75. The number of nitrogens with zero attached hydrogens (tertiary/aromatic N) is 1. The highest BCUT2D eigenvalue weighted by atomic mass is 32.1. The van der Waals surface area contributed by atoms with Gasteiger partial charge in [0, 0.05) is 12.6 Å². The molecule has 0 aliphatic rings. The van der Waals surface area contributed by atoms with E-state index in [1.165, 1.54) is 11.5 Å². The van der Waals surface area contributed by atoms with Gasteiger partial charge in [0.15, 0.2) is 0 Å². The third kappa shape index (κ3) is 4.19. The summed E-state index contributed by atoms with van der Waals surface area (Å²) >= 11 is 1.23. The average molecular weight is 298 g/mol. The largest absolute Gasteiger partial charge is 0.378 e. The minimum atomic E-state index is -0.606. The second kappa shape index (κ2) is 6.21. The van der Waals surface area contributed by atoms with Gasteiger partial charge in [-0.25, -0.2) is 0 Å². The maximum absolute atomic E-state index is 12.2. The minimum Gasteiger partial charge on any atom is -0.378 e. The molecule has 1 atom stereocenters. The van der Waals surface area contributed by atoms with Crippen LogP contribution in [0.25, 0.3) is 0 Å². The summed E-state index contributed by atoms with van der Waals surface area (Å²) in [7, 11) is 1.74. The molecule has 0 bridgehead atoms. The maximum Gasteiger partial charge on any atom is 0.256 e. The van der Waals surface area contributed by atoms with Crippen molar-refractivity contribution in [1.82, 2.24) is 15.0 Å². The number of amides is 2. The van der Waals surface area contributed by atoms with E-state index < -0.39 is 6.04 Å². The number of hydrogen-bond acceptors (Lipinski definition) is 5. The van der Waals surface area contributed by atoms with Crippen molar-refractivity contribution in [1.29, 1.82) is 0 Å². The molecule has 20 heavy (non-hydrogen) atoms. The number of rotatable bonds is 4. The normalized spacial score (nSPS) is 12.7. The summed E-state index contributed by atoms with van der Waals surface area (Å²) in [6.45, 7) is 9.11. The Morgan fingerprint density at radius 2 is 1.90 bits per heavy atom. The fourth-order valence-corrected chi connectivity index (χ4v) is 2.36. The molecule has 0 fully saturated rings. The predicted molar refractivity (Wildman–Crippen MR) is 81.2 cm³/mol. The summed E-state index contributed by atoms with van der Waals surface area (Å²) in [6.07, 6.45) is 0. The van der Waals surface area contributed by atoms with Crippen LogP contribution < -0.4 is 16.0 Å². The fourth-order valence-electron chi connectivity index (χ4n) is 1.62. The van der Waals surface area contributed by atoms with E-state index in [-0.39, 0.29) is 17.4 Å². The van der Waals surface area contributed by atoms with E-state index in [1.807, 2.05) is 20.8 Å². The number of nitrogens with one attached hydrogen (secondary N) is 3. The van der Waals surface area contributed by atoms with Crippen LogP contribution in [-0.2, 0) is 4.79 Å². The van der Waals surface area contributed by atoms with Crippen molar-refractivity contribution in [3.8, 4) is 0 Å². The van der Waals surface area contributed by atoms with Crippen LogP contribution in [-0.4, -0.2) is 34.8 Å². The molecular formula is C13H22N4O2S. The molecule has 0 aliphatic heterocycles. The lowest BCUT2D eigenvalue weighted by Crippen LogP contribution is -2.50. The summed E-state index contributed by atoms with van der Waals surface area (Å²) in [6, 6.07) is -0.606. The predicted octanol–water partition coefficient (Wildman–Crippen LogP) is 1.53. The van der Waals surface area contributed by atoms with Crippen LogP contribution in [0, 0.1) is 6.92 Å². The summed E-state index contributed by atoms with van der Waals surface area (Å²) in [5.74, 6) is -0.505. The first-order chi connectivity index (χ1) is 9.15. The molecule has 0 radical (unpaired) electrons. The minimum absolute atomic E-state index is 0.210. The van der Waals surface area contributed by atoms with Crippen LogP contribution in [0.5, 0.6) is 0 Å². The highest BCUT2D eigenvalue weighted by molar-refractivity contribution is 7.10. The van der Waals surface area contributed by atoms with Gasteiger partial charge in [-0.15, -0.1) is 0 Å². The van der Waals surface area contributed by atoms with Crippen molar-refractivity contribution < 1.29 is 9.59 Å². The van der Waals surface area contributed by atoms with Crippen molar-refractivity contribution in [3.05, 3.63) is 11.3 Å². The molecule has 0 aliphatic carbocycles. The Morgan fingerprint density at radius 3 is 2.40 bits per heavy atom. The summed E-state index contributed by atoms with van der Waals surface area (Å²) in [4.78, 5) is 24.2. The van der Waals surface area contributed by atoms with E-state index in [2.05, 4.69) is 20.3 Å². The highest BCUT2D eigenvalue weighted by Crippen LogP contribution is 2.23. The van der Waals surface area contributed by atoms with E-state index in [0.717, 1.165) is 0 Å². The molecular weight excluding hydrogens is 276 g/mol. The number of carbonyl (C=O) groups excluding carboxylic acids is 2. The zero-order valence-electron chi connectivity index (χ0n) is 12.7. The van der Waals surface area contributed by atoms with Crippen molar-refractivity contribution >= 4 is 28.3 Å². The molecule has 3 N–H and O–H groups in total. The molecule has 1 unspecified atom stereocenters. The second-order valence-corrected chi connectivity index (χ2v) is 6.43. The second-order valence-electron chi connectivity index (χ2n) is 5.66. The summed E-state index contributed by atoms with van der Waals surface area (Å²) < 4.78 is 4.14. The number of carbonyl (C=O) groups is 2. The van der Waals surface area contributed by atoms with Gasteiger partial charge < -0.3 is 16.0 Å². The topological polar surface area (TPSA) is 83.1 Å². The first kappa shape index (κ1) is 16.4. The van der Waals surface area contributed by atoms with Crippen molar-refractivity contribution in [2.75, 3.05) is 12.4 Å². The Kier molecular flexibility index (Phi) is 5.10. The van der Waals surface area contributed by atoms with Gasteiger partial charge in [-0.1, -0.05) is 0 Å². The van der Waals surface area contributed by atoms with E-state index >= 15 is 0 Å². The monoisotopic (exact) mass is 298 g/mol. The van der Waals surface area contributed by atoms with E-state index in [4.69, 9.17) is 0 Å². The number of aromatic nitrogens is 1. The summed E-state index contributed by atoms with van der Waals surface area (Å²) in [5, 5.41) is 9.16. The third-order valence-corrected chi connectivity index (χ3v) is 3.51. The molecule has 2 amide bonds. The van der Waals surface area contributed by atoms with Crippen LogP contribution in [0.2, 0.25) is 0 Å². The third-order valence-electron chi connectivity index (χ3n) is 2.56. The molecule has 0 aromatic carbocycles. The van der Waals surface area contributed by atoms with Crippen LogP contribution in [0.15, 0.2) is 0 Å². The number of anilines is 1. The molecule has 7 heteroatoms. The van der Waals surface area contributed by atoms with Crippen LogP contribution in [0.1, 0.15) is 43.7 Å². The van der Waals surface area contributed by atoms with E-state index in [0.29, 0.717) is 16.3 Å². The molecule has 6 nitrogen and oxygen atoms in total. The van der Waals surface area contributed by atoms with Crippen molar-refractivity contribution in [2.45, 2.75) is 46.2 Å². The zero-order chi connectivity index (χ0) is 15.5. The summed E-state index contributed by atoms with van der Waals surface area (Å²) in [5.41, 5.74) is 0.819. The molecule has 1 rings (SSSR count). The molecule has 0 saturated carbocycles. The number of hydrogen-bond donors (Lipinski definition) is 3. The first-order valence-corrected chi connectivity index (χ1v) is 7.20. The molecule has 1 heterocycles. The van der Waals surface area contributed by atoms with Gasteiger partial charge in [-0.3, -0.25) is 9.59 Å². The average Bonchev–Trinajstić information content (AvgIpc) is 2.67. The Morgan fingerprint density at radius 1 is 1.30 bits per heavy atom. The van der Waals surface area contributed by atoms with Crippen molar-refractivity contribution in [3.63, 3.8) is 0 Å². The van der Waals surface area contributed by atoms with Crippen LogP contribution in [0.3, 0.4) is 0 Å². The molecule has 0 spiro atoms. The zero-order valence-corrected chi connectivity index (χ0v) is 13.6. The van der Waals surface area contributed by atoms with Gasteiger partial charge in [0.05, 0.1) is 11.3 Å². The SMILES string of the molecule is CNc1snc(C)c1C(=O)NC(C)C(=O)NC(C)(C)C. The quantitative estimate of drug-likeness (QED) is 0.787. The highest BCUT2D eigenvalue weighted by Gasteiger charge is 2.24. The standard InChI is InChI=1S/C13H22N4O2S/c1-7-9(12(14-6)20-17-7)11(19)15-8(2)10(18)16-13(3,4)5/h8,14H,1-6H3,(H,15,19)(H,16,18). The lowest BCUT2D eigenvalue weighted by molar-refractivity contribution is -0.124. The fraction of sp³-hybridized carbons (Fsp3) is 0.615. The van der Waals surface area contributed by atoms with Crippen molar-refractivity contribution in [2.24, 2.45) is 0 Å². The van der Waals surface area contributed by atoms with Crippen LogP contribution in [0.4, 0.5) is 5.00 Å². The van der Waals surface area contributed by atoms with E-state index in [9.17, 15) is 9.59 Å². The Labute approximate surface area is 123 Å². The van der Waals surface area contributed by atoms with Gasteiger partial charge in [0.25, 0.3) is 5.91 Å². The molecule has 112 valence electrons. The van der Waals surface area contributed by atoms with E-state index in [1.54, 1.807) is 20.9 Å². The first-order valence-electron chi connectivity index (χ1n) is 6.42.